The van der Waals surface area contributed by atoms with Crippen molar-refractivity contribution in [2.75, 3.05) is 11.5 Å². The van der Waals surface area contributed by atoms with E-state index in [1.54, 1.807) is 0 Å². The average Bonchev–Trinajstić information content (AvgIpc) is 2.12. The van der Waals surface area contributed by atoms with E-state index in [4.69, 9.17) is 0 Å². The van der Waals surface area contributed by atoms with Crippen molar-refractivity contribution in [2.45, 2.75) is 13.0 Å². The van der Waals surface area contributed by atoms with E-state index in [1.165, 1.54) is 0 Å². The van der Waals surface area contributed by atoms with E-state index in [0.717, 1.165) is 22.6 Å². The van der Waals surface area contributed by atoms with Gasteiger partial charge in [-0.2, -0.15) is 11.8 Å². The monoisotopic (exact) mass is 207 g/mol. The number of thioether (sulfide) groups is 1. The molecule has 2 rings (SSSR count). The summed E-state index contributed by atoms with van der Waals surface area (Å²) < 4.78 is 0. The third kappa shape index (κ3) is 1.93. The predicted octanol–water partition coefficient (Wildman–Crippen LogP) is 1.84. The Bertz CT molecular complexity index is 347. The number of amides is 1. The molecule has 1 amide bonds. The van der Waals surface area contributed by atoms with Gasteiger partial charge in [-0.05, 0) is 18.6 Å². The fourth-order valence-corrected chi connectivity index (χ4v) is 2.05. The molecule has 0 spiro atoms. The van der Waals surface area contributed by atoms with Crippen LogP contribution in [0.3, 0.4) is 0 Å². The third-order valence-corrected chi connectivity index (χ3v) is 3.64. The topological polar surface area (TPSA) is 29.1 Å². The molecule has 0 radical (unpaired) electrons. The summed E-state index contributed by atoms with van der Waals surface area (Å²) in [6.45, 7) is 1.96. The number of nitrogens with one attached hydrogen (secondary N) is 1. The van der Waals surface area contributed by atoms with Crippen molar-refractivity contribution >= 4 is 17.7 Å². The van der Waals surface area contributed by atoms with E-state index in [-0.39, 0.29) is 5.91 Å². The average molecular weight is 207 g/mol. The Morgan fingerprint density at radius 3 is 2.71 bits per heavy atom. The molecule has 0 atom stereocenters. The van der Waals surface area contributed by atoms with Crippen LogP contribution in [0.15, 0.2) is 24.3 Å². The lowest BCUT2D eigenvalue weighted by Crippen LogP contribution is -2.43. The first-order valence-corrected chi connectivity index (χ1v) is 5.87. The maximum atomic E-state index is 11.7. The zero-order chi connectivity index (χ0) is 9.97. The Balaban J connectivity index is 2.06. The second-order valence-electron chi connectivity index (χ2n) is 3.52. The smallest absolute Gasteiger partial charge is 0.251 e. The van der Waals surface area contributed by atoms with Crippen LogP contribution in [0, 0.1) is 6.92 Å². The van der Waals surface area contributed by atoms with Crippen molar-refractivity contribution in [2.24, 2.45) is 0 Å². The van der Waals surface area contributed by atoms with Crippen LogP contribution >= 0.6 is 11.8 Å². The minimum Gasteiger partial charge on any atom is -0.348 e. The molecular weight excluding hydrogens is 194 g/mol. The molecular formula is C11H13NOS. The first-order chi connectivity index (χ1) is 6.77. The van der Waals surface area contributed by atoms with E-state index in [0.29, 0.717) is 6.04 Å². The highest BCUT2D eigenvalue weighted by Gasteiger charge is 2.20. The molecule has 1 heterocycles. The summed E-state index contributed by atoms with van der Waals surface area (Å²) in [4.78, 5) is 11.7. The van der Waals surface area contributed by atoms with E-state index in [9.17, 15) is 4.79 Å². The SMILES string of the molecule is Cc1ccccc1C(=O)NC1CSC1. The number of aryl methyl sites for hydroxylation is 1. The van der Waals surface area contributed by atoms with Gasteiger partial charge in [0.2, 0.25) is 0 Å². The second-order valence-corrected chi connectivity index (χ2v) is 4.60. The minimum absolute atomic E-state index is 0.0633. The second kappa shape index (κ2) is 4.05. The highest BCUT2D eigenvalue weighted by Crippen LogP contribution is 2.18. The van der Waals surface area contributed by atoms with Gasteiger partial charge in [-0.15, -0.1) is 0 Å². The quantitative estimate of drug-likeness (QED) is 0.801. The van der Waals surface area contributed by atoms with Gasteiger partial charge in [-0.3, -0.25) is 4.79 Å². The zero-order valence-corrected chi connectivity index (χ0v) is 8.93. The van der Waals surface area contributed by atoms with Gasteiger partial charge in [0.1, 0.15) is 0 Å². The number of hydrogen-bond donors (Lipinski definition) is 1. The molecule has 1 aromatic rings. The van der Waals surface area contributed by atoms with Crippen LogP contribution in [-0.4, -0.2) is 23.5 Å². The first-order valence-electron chi connectivity index (χ1n) is 4.71. The largest absolute Gasteiger partial charge is 0.348 e. The maximum Gasteiger partial charge on any atom is 0.251 e. The van der Waals surface area contributed by atoms with Crippen molar-refractivity contribution in [1.29, 1.82) is 0 Å². The summed E-state index contributed by atoms with van der Waals surface area (Å²) in [5, 5.41) is 3.01. The Morgan fingerprint density at radius 2 is 2.14 bits per heavy atom. The number of rotatable bonds is 2. The maximum absolute atomic E-state index is 11.7. The number of benzene rings is 1. The molecule has 0 aliphatic carbocycles. The number of hydrogen-bond acceptors (Lipinski definition) is 2. The Hall–Kier alpha value is -0.960. The van der Waals surface area contributed by atoms with Crippen molar-refractivity contribution in [3.8, 4) is 0 Å². The van der Waals surface area contributed by atoms with E-state index < -0.39 is 0 Å². The Morgan fingerprint density at radius 1 is 1.43 bits per heavy atom. The van der Waals surface area contributed by atoms with Gasteiger partial charge in [0, 0.05) is 23.1 Å². The van der Waals surface area contributed by atoms with Crippen molar-refractivity contribution in [3.63, 3.8) is 0 Å². The van der Waals surface area contributed by atoms with Gasteiger partial charge < -0.3 is 5.32 Å². The zero-order valence-electron chi connectivity index (χ0n) is 8.12. The lowest BCUT2D eigenvalue weighted by atomic mass is 10.1. The molecule has 0 unspecified atom stereocenters. The fraction of sp³-hybridized carbons (Fsp3) is 0.364. The van der Waals surface area contributed by atoms with E-state index in [2.05, 4.69) is 5.32 Å². The van der Waals surface area contributed by atoms with Crippen LogP contribution in [0.2, 0.25) is 0 Å². The first kappa shape index (κ1) is 9.59. The van der Waals surface area contributed by atoms with Gasteiger partial charge in [0.25, 0.3) is 5.91 Å². The van der Waals surface area contributed by atoms with Crippen LogP contribution in [0.5, 0.6) is 0 Å². The van der Waals surface area contributed by atoms with Crippen LogP contribution in [0.4, 0.5) is 0 Å². The molecule has 1 saturated heterocycles. The molecule has 74 valence electrons. The van der Waals surface area contributed by atoms with Gasteiger partial charge in [-0.1, -0.05) is 18.2 Å². The third-order valence-electron chi connectivity index (χ3n) is 2.36. The van der Waals surface area contributed by atoms with Crippen LogP contribution < -0.4 is 5.32 Å². The molecule has 0 aromatic heterocycles. The summed E-state index contributed by atoms with van der Waals surface area (Å²) in [6, 6.07) is 8.07. The van der Waals surface area contributed by atoms with E-state index in [1.807, 2.05) is 43.0 Å². The molecule has 1 aliphatic rings. The summed E-state index contributed by atoms with van der Waals surface area (Å²) in [7, 11) is 0. The Kier molecular flexibility index (Phi) is 2.77. The minimum atomic E-state index is 0.0633. The van der Waals surface area contributed by atoms with Crippen LogP contribution in [0.25, 0.3) is 0 Å². The number of carbonyl (C=O) groups excluding carboxylic acids is 1. The lowest BCUT2D eigenvalue weighted by Gasteiger charge is -2.26. The van der Waals surface area contributed by atoms with Crippen molar-refractivity contribution in [1.82, 2.24) is 5.32 Å². The van der Waals surface area contributed by atoms with Gasteiger partial charge in [0.15, 0.2) is 0 Å². The molecule has 1 fully saturated rings. The van der Waals surface area contributed by atoms with Crippen LogP contribution in [0.1, 0.15) is 15.9 Å². The Labute approximate surface area is 88.1 Å². The van der Waals surface area contributed by atoms with Crippen LogP contribution in [-0.2, 0) is 0 Å². The predicted molar refractivity (Wildman–Crippen MR) is 59.8 cm³/mol. The number of carbonyl (C=O) groups is 1. The molecule has 14 heavy (non-hydrogen) atoms. The van der Waals surface area contributed by atoms with Gasteiger partial charge in [0.05, 0.1) is 0 Å². The van der Waals surface area contributed by atoms with Gasteiger partial charge in [-0.25, -0.2) is 0 Å². The molecule has 0 bridgehead atoms. The summed E-state index contributed by atoms with van der Waals surface area (Å²) in [6.07, 6.45) is 0. The molecule has 2 nitrogen and oxygen atoms in total. The highest BCUT2D eigenvalue weighted by atomic mass is 32.2. The van der Waals surface area contributed by atoms with Crippen molar-refractivity contribution in [3.05, 3.63) is 35.4 Å². The molecule has 3 heteroatoms. The summed E-state index contributed by atoms with van der Waals surface area (Å²) >= 11 is 1.87. The molecule has 1 N–H and O–H groups in total. The molecule has 0 saturated carbocycles. The van der Waals surface area contributed by atoms with Gasteiger partial charge >= 0.3 is 0 Å². The standard InChI is InChI=1S/C11H13NOS/c1-8-4-2-3-5-10(8)11(13)12-9-6-14-7-9/h2-5,9H,6-7H2,1H3,(H,12,13). The fourth-order valence-electron chi connectivity index (χ4n) is 1.41. The molecule has 1 aromatic carbocycles. The molecule has 1 aliphatic heterocycles. The normalized spacial score (nSPS) is 16.1. The summed E-state index contributed by atoms with van der Waals surface area (Å²) in [5.41, 5.74) is 1.83. The van der Waals surface area contributed by atoms with Crippen molar-refractivity contribution < 1.29 is 4.79 Å². The van der Waals surface area contributed by atoms with E-state index >= 15 is 0 Å². The summed E-state index contributed by atoms with van der Waals surface area (Å²) in [5.74, 6) is 2.17. The lowest BCUT2D eigenvalue weighted by molar-refractivity contribution is 0.0942. The highest BCUT2D eigenvalue weighted by molar-refractivity contribution is 8.00.